The van der Waals surface area contributed by atoms with Gasteiger partial charge >= 0.3 is 5.97 Å². The van der Waals surface area contributed by atoms with Crippen LogP contribution in [0.4, 0.5) is 0 Å². The fraction of sp³-hybridized carbons (Fsp3) is 0.385. The SMILES string of the molecule is COC(=O)c1ccc(Oc2c(C)oc3c4c(ccc3c2=O)OCN(C2CCCCC2)C4)cc1. The molecule has 172 valence electrons. The Balaban J connectivity index is 1.47. The molecule has 1 aliphatic carbocycles. The zero-order chi connectivity index (χ0) is 22.9. The molecule has 7 nitrogen and oxygen atoms in total. The quantitative estimate of drug-likeness (QED) is 0.509. The van der Waals surface area contributed by atoms with Gasteiger partial charge in [-0.2, -0.15) is 0 Å². The predicted octanol–water partition coefficient (Wildman–Crippen LogP) is 5.16. The second-order valence-electron chi connectivity index (χ2n) is 8.67. The molecule has 0 atom stereocenters. The van der Waals surface area contributed by atoms with E-state index in [1.807, 2.05) is 6.07 Å². The van der Waals surface area contributed by atoms with Crippen molar-refractivity contribution in [2.75, 3.05) is 13.8 Å². The Labute approximate surface area is 191 Å². The lowest BCUT2D eigenvalue weighted by molar-refractivity contribution is 0.0406. The molecule has 1 fully saturated rings. The number of aryl methyl sites for hydroxylation is 1. The van der Waals surface area contributed by atoms with Gasteiger partial charge < -0.3 is 18.6 Å². The smallest absolute Gasteiger partial charge is 0.337 e. The molecule has 2 aromatic carbocycles. The Morgan fingerprint density at radius 2 is 1.82 bits per heavy atom. The molecule has 1 saturated carbocycles. The van der Waals surface area contributed by atoms with E-state index in [1.165, 1.54) is 39.2 Å². The minimum Gasteiger partial charge on any atom is -0.478 e. The first kappa shape index (κ1) is 21.5. The van der Waals surface area contributed by atoms with Gasteiger partial charge in [0.05, 0.1) is 23.6 Å². The summed E-state index contributed by atoms with van der Waals surface area (Å²) in [5.74, 6) is 1.30. The molecule has 0 spiro atoms. The second kappa shape index (κ2) is 8.90. The van der Waals surface area contributed by atoms with E-state index in [9.17, 15) is 9.59 Å². The number of hydrogen-bond donors (Lipinski definition) is 0. The largest absolute Gasteiger partial charge is 0.478 e. The first-order valence-electron chi connectivity index (χ1n) is 11.4. The molecular weight excluding hydrogens is 422 g/mol. The summed E-state index contributed by atoms with van der Waals surface area (Å²) >= 11 is 0. The van der Waals surface area contributed by atoms with Gasteiger partial charge in [-0.1, -0.05) is 19.3 Å². The number of ether oxygens (including phenoxy) is 3. The van der Waals surface area contributed by atoms with Gasteiger partial charge in [0.25, 0.3) is 0 Å². The minimum absolute atomic E-state index is 0.133. The predicted molar refractivity (Wildman–Crippen MR) is 123 cm³/mol. The molecule has 5 rings (SSSR count). The lowest BCUT2D eigenvalue weighted by Crippen LogP contribution is -2.41. The third kappa shape index (κ3) is 4.09. The Morgan fingerprint density at radius 1 is 1.06 bits per heavy atom. The average molecular weight is 450 g/mol. The van der Waals surface area contributed by atoms with Gasteiger partial charge in [-0.25, -0.2) is 4.79 Å². The summed E-state index contributed by atoms with van der Waals surface area (Å²) in [4.78, 5) is 27.3. The fourth-order valence-electron chi connectivity index (χ4n) is 4.77. The van der Waals surface area contributed by atoms with Crippen LogP contribution in [0.25, 0.3) is 11.0 Å². The fourth-order valence-corrected chi connectivity index (χ4v) is 4.77. The number of carbonyl (C=O) groups excluding carboxylic acids is 1. The van der Waals surface area contributed by atoms with Gasteiger partial charge in [-0.3, -0.25) is 9.69 Å². The molecule has 7 heteroatoms. The highest BCUT2D eigenvalue weighted by atomic mass is 16.5. The maximum absolute atomic E-state index is 13.3. The van der Waals surface area contributed by atoms with Crippen LogP contribution in [0.15, 0.2) is 45.6 Å². The van der Waals surface area contributed by atoms with Crippen molar-refractivity contribution in [3.05, 3.63) is 63.5 Å². The Kier molecular flexibility index (Phi) is 5.81. The summed E-state index contributed by atoms with van der Waals surface area (Å²) in [5.41, 5.74) is 1.65. The zero-order valence-corrected chi connectivity index (χ0v) is 18.9. The summed E-state index contributed by atoms with van der Waals surface area (Å²) in [6, 6.07) is 10.5. The van der Waals surface area contributed by atoms with E-state index in [0.717, 1.165) is 11.3 Å². The maximum Gasteiger partial charge on any atom is 0.337 e. The highest BCUT2D eigenvalue weighted by molar-refractivity contribution is 5.89. The molecule has 0 unspecified atom stereocenters. The van der Waals surface area contributed by atoms with E-state index in [0.29, 0.717) is 47.4 Å². The molecule has 3 aromatic rings. The van der Waals surface area contributed by atoms with Crippen molar-refractivity contribution < 1.29 is 23.4 Å². The summed E-state index contributed by atoms with van der Waals surface area (Å²) < 4.78 is 22.8. The van der Waals surface area contributed by atoms with Crippen LogP contribution < -0.4 is 14.9 Å². The van der Waals surface area contributed by atoms with Crippen LogP contribution in [0.1, 0.15) is 53.8 Å². The lowest BCUT2D eigenvalue weighted by Gasteiger charge is -2.37. The third-order valence-corrected chi connectivity index (χ3v) is 6.58. The normalized spacial score (nSPS) is 16.8. The van der Waals surface area contributed by atoms with Gasteiger partial charge in [0, 0.05) is 12.6 Å². The zero-order valence-electron chi connectivity index (χ0n) is 18.9. The van der Waals surface area contributed by atoms with Crippen LogP contribution in [0.2, 0.25) is 0 Å². The molecule has 33 heavy (non-hydrogen) atoms. The van der Waals surface area contributed by atoms with E-state index < -0.39 is 5.97 Å². The van der Waals surface area contributed by atoms with Crippen LogP contribution in [0.3, 0.4) is 0 Å². The number of esters is 1. The van der Waals surface area contributed by atoms with Crippen molar-refractivity contribution >= 4 is 16.9 Å². The highest BCUT2D eigenvalue weighted by Gasteiger charge is 2.29. The van der Waals surface area contributed by atoms with Crippen LogP contribution >= 0.6 is 0 Å². The molecule has 1 aliphatic heterocycles. The molecule has 0 N–H and O–H groups in total. The summed E-state index contributed by atoms with van der Waals surface area (Å²) in [7, 11) is 1.33. The van der Waals surface area contributed by atoms with Crippen molar-refractivity contribution in [3.8, 4) is 17.2 Å². The van der Waals surface area contributed by atoms with Crippen molar-refractivity contribution in [1.29, 1.82) is 0 Å². The van der Waals surface area contributed by atoms with Crippen molar-refractivity contribution in [3.63, 3.8) is 0 Å². The van der Waals surface area contributed by atoms with Gasteiger partial charge in [0.2, 0.25) is 11.2 Å². The van der Waals surface area contributed by atoms with Crippen molar-refractivity contribution in [2.45, 2.75) is 51.6 Å². The number of fused-ring (bicyclic) bond motifs is 3. The van der Waals surface area contributed by atoms with Gasteiger partial charge in [-0.05, 0) is 56.2 Å². The van der Waals surface area contributed by atoms with Crippen molar-refractivity contribution in [2.24, 2.45) is 0 Å². The van der Waals surface area contributed by atoms with Crippen molar-refractivity contribution in [1.82, 2.24) is 4.90 Å². The number of carbonyl (C=O) groups is 1. The average Bonchev–Trinajstić information content (AvgIpc) is 2.86. The van der Waals surface area contributed by atoms with Crippen LogP contribution in [-0.4, -0.2) is 30.8 Å². The molecular formula is C26H27NO6. The molecule has 0 saturated heterocycles. The minimum atomic E-state index is -0.433. The topological polar surface area (TPSA) is 78.2 Å². The number of nitrogens with zero attached hydrogens (tertiary/aromatic N) is 1. The van der Waals surface area contributed by atoms with Crippen LogP contribution in [-0.2, 0) is 11.3 Å². The Morgan fingerprint density at radius 3 is 2.55 bits per heavy atom. The number of benzene rings is 2. The molecule has 2 heterocycles. The standard InChI is InChI=1S/C26H27NO6/c1-16-24(33-19-10-8-17(9-11-19)26(29)30-2)23(28)20-12-13-22-21(25(20)32-16)14-27(15-31-22)18-6-4-3-5-7-18/h8-13,18H,3-7,14-15H2,1-2H3. The van der Waals surface area contributed by atoms with Gasteiger partial charge in [0.1, 0.15) is 29.6 Å². The van der Waals surface area contributed by atoms with Gasteiger partial charge in [0.15, 0.2) is 0 Å². The summed E-state index contributed by atoms with van der Waals surface area (Å²) in [6.07, 6.45) is 6.16. The van der Waals surface area contributed by atoms with E-state index in [2.05, 4.69) is 4.90 Å². The summed E-state index contributed by atoms with van der Waals surface area (Å²) in [5, 5.41) is 0.467. The highest BCUT2D eigenvalue weighted by Crippen LogP contribution is 2.36. The van der Waals surface area contributed by atoms with Crippen LogP contribution in [0, 0.1) is 6.92 Å². The number of rotatable bonds is 4. The first-order valence-corrected chi connectivity index (χ1v) is 11.4. The number of hydrogen-bond acceptors (Lipinski definition) is 7. The molecule has 1 aromatic heterocycles. The molecule has 0 radical (unpaired) electrons. The van der Waals surface area contributed by atoms with Gasteiger partial charge in [-0.15, -0.1) is 0 Å². The molecule has 0 bridgehead atoms. The Hall–Kier alpha value is -3.32. The summed E-state index contributed by atoms with van der Waals surface area (Å²) in [6.45, 7) is 2.99. The van der Waals surface area contributed by atoms with E-state index in [4.69, 9.17) is 18.6 Å². The molecule has 2 aliphatic rings. The number of methoxy groups -OCH3 is 1. The van der Waals surface area contributed by atoms with E-state index in [-0.39, 0.29) is 11.2 Å². The van der Waals surface area contributed by atoms with E-state index >= 15 is 0 Å². The first-order chi connectivity index (χ1) is 16.0. The molecule has 0 amide bonds. The Bertz CT molecular complexity index is 1240. The second-order valence-corrected chi connectivity index (χ2v) is 8.67. The third-order valence-electron chi connectivity index (χ3n) is 6.58. The maximum atomic E-state index is 13.3. The van der Waals surface area contributed by atoms with E-state index in [1.54, 1.807) is 37.3 Å². The monoisotopic (exact) mass is 449 g/mol. The van der Waals surface area contributed by atoms with Crippen LogP contribution in [0.5, 0.6) is 17.2 Å². The lowest BCUT2D eigenvalue weighted by atomic mass is 9.93.